The molecule has 0 unspecified atom stereocenters. The van der Waals surface area contributed by atoms with Crippen LogP contribution in [-0.2, 0) is 25.7 Å². The molecule has 2 nitrogen and oxygen atoms in total. The van der Waals surface area contributed by atoms with Crippen molar-refractivity contribution >= 4 is 22.8 Å². The van der Waals surface area contributed by atoms with E-state index in [-0.39, 0.29) is 0 Å². The van der Waals surface area contributed by atoms with Crippen molar-refractivity contribution in [3.05, 3.63) is 58.1 Å². The van der Waals surface area contributed by atoms with Gasteiger partial charge in [0.15, 0.2) is 0 Å². The standard InChI is InChI=1S/C30H44N2/c1-8-13-15-25-20-27(18-17-24(25)10-3)32-30(12-5)23(7)31-28-19-22(6)29(11-4)26(21-28)16-14-9-2/h17-21H,8-16H2,1-7H3. The summed E-state index contributed by atoms with van der Waals surface area (Å²) in [5.41, 5.74) is 11.4. The molecule has 0 aliphatic carbocycles. The van der Waals surface area contributed by atoms with Gasteiger partial charge in [-0.2, -0.15) is 0 Å². The monoisotopic (exact) mass is 432 g/mol. The van der Waals surface area contributed by atoms with E-state index in [1.54, 1.807) is 0 Å². The molecule has 2 aromatic carbocycles. The van der Waals surface area contributed by atoms with Crippen LogP contribution in [0.3, 0.4) is 0 Å². The lowest BCUT2D eigenvalue weighted by molar-refractivity contribution is 0.786. The number of hydrogen-bond acceptors (Lipinski definition) is 2. The lowest BCUT2D eigenvalue weighted by atomic mass is 9.95. The van der Waals surface area contributed by atoms with Gasteiger partial charge in [-0.15, -0.1) is 0 Å². The topological polar surface area (TPSA) is 24.7 Å². The van der Waals surface area contributed by atoms with E-state index in [0.717, 1.165) is 54.9 Å². The molecule has 2 aromatic rings. The van der Waals surface area contributed by atoms with E-state index < -0.39 is 0 Å². The first kappa shape index (κ1) is 26.0. The Bertz CT molecular complexity index is 934. The number of aliphatic imine (C=N–C) groups is 2. The van der Waals surface area contributed by atoms with Gasteiger partial charge in [0.25, 0.3) is 0 Å². The fraction of sp³-hybridized carbons (Fsp3) is 0.533. The van der Waals surface area contributed by atoms with E-state index in [0.29, 0.717) is 0 Å². The largest absolute Gasteiger partial charge is 0.252 e. The highest BCUT2D eigenvalue weighted by molar-refractivity contribution is 6.42. The molecular weight excluding hydrogens is 388 g/mol. The first-order valence-corrected chi connectivity index (χ1v) is 12.8. The lowest BCUT2D eigenvalue weighted by Gasteiger charge is -2.13. The van der Waals surface area contributed by atoms with Crippen LogP contribution >= 0.6 is 0 Å². The van der Waals surface area contributed by atoms with E-state index >= 15 is 0 Å². The third-order valence-electron chi connectivity index (χ3n) is 6.39. The van der Waals surface area contributed by atoms with Crippen LogP contribution in [0, 0.1) is 6.92 Å². The number of benzene rings is 2. The third-order valence-corrected chi connectivity index (χ3v) is 6.39. The Kier molecular flexibility index (Phi) is 10.9. The SMILES string of the molecule is CCCCc1cc(N=C(CC)C(C)=Nc2cc(C)c(CC)c(CCCC)c2)ccc1CC. The molecular formula is C30H44N2. The van der Waals surface area contributed by atoms with Crippen molar-refractivity contribution < 1.29 is 0 Å². The Morgan fingerprint density at radius 2 is 1.38 bits per heavy atom. The number of aryl methyl sites for hydroxylation is 4. The van der Waals surface area contributed by atoms with Crippen LogP contribution < -0.4 is 0 Å². The average Bonchev–Trinajstić information content (AvgIpc) is 2.79. The van der Waals surface area contributed by atoms with Crippen molar-refractivity contribution in [3.63, 3.8) is 0 Å². The quantitative estimate of drug-likeness (QED) is 0.299. The van der Waals surface area contributed by atoms with Crippen molar-refractivity contribution in [2.24, 2.45) is 9.98 Å². The summed E-state index contributed by atoms with van der Waals surface area (Å²) >= 11 is 0. The van der Waals surface area contributed by atoms with Crippen LogP contribution in [-0.4, -0.2) is 11.4 Å². The van der Waals surface area contributed by atoms with Crippen LogP contribution in [0.15, 0.2) is 40.3 Å². The Labute approximate surface area is 197 Å². The van der Waals surface area contributed by atoms with Gasteiger partial charge in [0.2, 0.25) is 0 Å². The summed E-state index contributed by atoms with van der Waals surface area (Å²) in [5, 5.41) is 0. The fourth-order valence-electron chi connectivity index (χ4n) is 4.49. The molecule has 32 heavy (non-hydrogen) atoms. The van der Waals surface area contributed by atoms with Gasteiger partial charge in [0.1, 0.15) is 0 Å². The van der Waals surface area contributed by atoms with Crippen LogP contribution in [0.2, 0.25) is 0 Å². The summed E-state index contributed by atoms with van der Waals surface area (Å²) < 4.78 is 0. The molecule has 0 aliphatic rings. The molecule has 174 valence electrons. The summed E-state index contributed by atoms with van der Waals surface area (Å²) in [5.74, 6) is 0. The van der Waals surface area contributed by atoms with E-state index in [9.17, 15) is 0 Å². The second-order valence-electron chi connectivity index (χ2n) is 8.88. The van der Waals surface area contributed by atoms with Gasteiger partial charge in [0, 0.05) is 0 Å². The highest BCUT2D eigenvalue weighted by Gasteiger charge is 2.09. The maximum absolute atomic E-state index is 5.03. The minimum absolute atomic E-state index is 0.879. The third kappa shape index (κ3) is 7.15. The Hall–Kier alpha value is -2.22. The van der Waals surface area contributed by atoms with Crippen LogP contribution in [0.1, 0.15) is 101 Å². The number of unbranched alkanes of at least 4 members (excludes halogenated alkanes) is 2. The smallest absolute Gasteiger partial charge is 0.0639 e. The van der Waals surface area contributed by atoms with Gasteiger partial charge >= 0.3 is 0 Å². The summed E-state index contributed by atoms with van der Waals surface area (Å²) in [6.45, 7) is 15.5. The van der Waals surface area contributed by atoms with Crippen LogP contribution in [0.4, 0.5) is 11.4 Å². The minimum Gasteiger partial charge on any atom is -0.252 e. The normalized spacial score (nSPS) is 12.5. The Balaban J connectivity index is 2.39. The van der Waals surface area contributed by atoms with E-state index in [1.165, 1.54) is 53.5 Å². The minimum atomic E-state index is 0.879. The van der Waals surface area contributed by atoms with Gasteiger partial charge in [-0.3, -0.25) is 9.98 Å². The van der Waals surface area contributed by atoms with E-state index in [1.807, 2.05) is 0 Å². The predicted octanol–water partition coefficient (Wildman–Crippen LogP) is 9.08. The lowest BCUT2D eigenvalue weighted by Crippen LogP contribution is -2.08. The molecule has 2 rings (SSSR count). The van der Waals surface area contributed by atoms with Crippen molar-refractivity contribution in [1.82, 2.24) is 0 Å². The second-order valence-corrected chi connectivity index (χ2v) is 8.88. The Morgan fingerprint density at radius 1 is 0.719 bits per heavy atom. The van der Waals surface area contributed by atoms with Crippen molar-refractivity contribution in [2.75, 3.05) is 0 Å². The molecule has 0 bridgehead atoms. The molecule has 0 aromatic heterocycles. The van der Waals surface area contributed by atoms with Crippen molar-refractivity contribution in [2.45, 2.75) is 106 Å². The zero-order valence-corrected chi connectivity index (χ0v) is 21.6. The molecule has 0 radical (unpaired) electrons. The first-order chi connectivity index (χ1) is 15.5. The molecule has 0 heterocycles. The molecule has 0 saturated carbocycles. The number of rotatable bonds is 12. The van der Waals surface area contributed by atoms with Gasteiger partial charge in [-0.1, -0.05) is 53.5 Å². The van der Waals surface area contributed by atoms with Crippen molar-refractivity contribution in [1.29, 1.82) is 0 Å². The molecule has 0 fully saturated rings. The van der Waals surface area contributed by atoms with Crippen molar-refractivity contribution in [3.8, 4) is 0 Å². The molecule has 0 atom stereocenters. The highest BCUT2D eigenvalue weighted by atomic mass is 14.8. The summed E-state index contributed by atoms with van der Waals surface area (Å²) in [4.78, 5) is 10.1. The second kappa shape index (κ2) is 13.4. The summed E-state index contributed by atoms with van der Waals surface area (Å²) in [6, 6.07) is 11.3. The van der Waals surface area contributed by atoms with E-state index in [2.05, 4.69) is 78.8 Å². The molecule has 0 saturated heterocycles. The Morgan fingerprint density at radius 3 is 1.97 bits per heavy atom. The molecule has 0 spiro atoms. The van der Waals surface area contributed by atoms with Gasteiger partial charge in [0.05, 0.1) is 22.8 Å². The molecule has 0 aliphatic heterocycles. The molecule has 0 amide bonds. The summed E-state index contributed by atoms with van der Waals surface area (Å²) in [6.07, 6.45) is 10.2. The summed E-state index contributed by atoms with van der Waals surface area (Å²) in [7, 11) is 0. The van der Waals surface area contributed by atoms with E-state index in [4.69, 9.17) is 9.98 Å². The zero-order valence-electron chi connectivity index (χ0n) is 21.6. The molecule has 2 heteroatoms. The maximum Gasteiger partial charge on any atom is 0.0639 e. The van der Waals surface area contributed by atoms with Gasteiger partial charge in [-0.05, 0) is 111 Å². The number of hydrogen-bond donors (Lipinski definition) is 0. The first-order valence-electron chi connectivity index (χ1n) is 12.8. The van der Waals surface area contributed by atoms with Gasteiger partial charge in [-0.25, -0.2) is 0 Å². The van der Waals surface area contributed by atoms with Crippen LogP contribution in [0.25, 0.3) is 0 Å². The average molecular weight is 433 g/mol. The van der Waals surface area contributed by atoms with Gasteiger partial charge < -0.3 is 0 Å². The zero-order chi connectivity index (χ0) is 23.5. The molecule has 0 N–H and O–H groups in total. The maximum atomic E-state index is 5.03. The fourth-order valence-corrected chi connectivity index (χ4v) is 4.49. The highest BCUT2D eigenvalue weighted by Crippen LogP contribution is 2.26. The number of nitrogens with zero attached hydrogens (tertiary/aromatic N) is 2. The van der Waals surface area contributed by atoms with Crippen LogP contribution in [0.5, 0.6) is 0 Å². The predicted molar refractivity (Wildman–Crippen MR) is 144 cm³/mol.